The molecule has 264 valence electrons. The van der Waals surface area contributed by atoms with Crippen LogP contribution in [-0.2, 0) is 15.9 Å². The van der Waals surface area contributed by atoms with E-state index in [1.54, 1.807) is 23.5 Å². The number of rotatable bonds is 11. The first-order chi connectivity index (χ1) is 23.2. The molecular weight excluding hydrogens is 649 g/mol. The molecule has 0 fully saturated rings. The lowest BCUT2D eigenvalue weighted by atomic mass is 9.92. The van der Waals surface area contributed by atoms with E-state index >= 15 is 8.78 Å². The molecule has 1 amide bonds. The SMILES string of the molecule is COc1cc(OC)c(F)c(CC2CN(COCC[Si](C)(C)C)c3ncc(-c4cncc(C5=CCN(C(=O)OC(C)(C)C)CC5)n4)cc32)c1F. The molecule has 0 saturated carbocycles. The van der Waals surface area contributed by atoms with E-state index in [0.29, 0.717) is 56.6 Å². The standard InChI is InChI=1S/C36H47F2N5O5Si/c1-36(2,3)48-35(44)42-11-9-23(10-12-42)28-19-39-20-29(41-28)24-15-26-25(16-27-32(37)30(45-4)17-31(46-5)33(27)38)21-43(34(26)40-18-24)22-47-13-14-49(6,7)8/h9,15,17-20,25H,10-14,16,21-22H2,1-8H3. The van der Waals surface area contributed by atoms with Gasteiger partial charge >= 0.3 is 6.09 Å². The van der Waals surface area contributed by atoms with Crippen molar-refractivity contribution in [2.24, 2.45) is 0 Å². The van der Waals surface area contributed by atoms with Crippen molar-refractivity contribution in [3.8, 4) is 22.8 Å². The number of halogens is 2. The molecule has 1 atom stereocenters. The fraction of sp³-hybridized carbons (Fsp3) is 0.500. The number of nitrogens with zero attached hydrogens (tertiary/aromatic N) is 5. The van der Waals surface area contributed by atoms with Crippen LogP contribution >= 0.6 is 0 Å². The predicted octanol–water partition coefficient (Wildman–Crippen LogP) is 7.32. The Morgan fingerprint density at radius 3 is 2.33 bits per heavy atom. The molecule has 3 aromatic rings. The molecule has 13 heteroatoms. The zero-order valence-corrected chi connectivity index (χ0v) is 30.7. The lowest BCUT2D eigenvalue weighted by Crippen LogP contribution is -2.39. The number of hydrogen-bond acceptors (Lipinski definition) is 9. The van der Waals surface area contributed by atoms with Gasteiger partial charge in [-0.2, -0.15) is 0 Å². The van der Waals surface area contributed by atoms with Gasteiger partial charge < -0.3 is 28.7 Å². The highest BCUT2D eigenvalue weighted by molar-refractivity contribution is 6.76. The number of pyridine rings is 1. The van der Waals surface area contributed by atoms with E-state index in [-0.39, 0.29) is 35.5 Å². The third-order valence-corrected chi connectivity index (χ3v) is 10.3. The Kier molecular flexibility index (Phi) is 10.9. The molecule has 1 unspecified atom stereocenters. The van der Waals surface area contributed by atoms with E-state index in [1.807, 2.05) is 37.8 Å². The van der Waals surface area contributed by atoms with Gasteiger partial charge in [0, 0.05) is 69.2 Å². The summed E-state index contributed by atoms with van der Waals surface area (Å²) in [4.78, 5) is 30.4. The van der Waals surface area contributed by atoms with Crippen LogP contribution in [0.15, 0.2) is 36.8 Å². The molecule has 5 rings (SSSR count). The lowest BCUT2D eigenvalue weighted by molar-refractivity contribution is 0.0270. The van der Waals surface area contributed by atoms with Gasteiger partial charge in [-0.15, -0.1) is 0 Å². The van der Waals surface area contributed by atoms with Crippen LogP contribution in [0, 0.1) is 11.6 Å². The minimum atomic E-state index is -1.29. The van der Waals surface area contributed by atoms with Crippen LogP contribution in [0.1, 0.15) is 49.9 Å². The number of carbonyl (C=O) groups is 1. The van der Waals surface area contributed by atoms with Crippen LogP contribution < -0.4 is 14.4 Å². The van der Waals surface area contributed by atoms with Gasteiger partial charge in [-0.05, 0) is 51.3 Å². The molecule has 4 heterocycles. The highest BCUT2D eigenvalue weighted by Crippen LogP contribution is 2.41. The number of benzene rings is 1. The second-order valence-corrected chi connectivity index (χ2v) is 20.3. The summed E-state index contributed by atoms with van der Waals surface area (Å²) >= 11 is 0. The summed E-state index contributed by atoms with van der Waals surface area (Å²) in [5.74, 6) is -1.26. The highest BCUT2D eigenvalue weighted by Gasteiger charge is 2.34. The van der Waals surface area contributed by atoms with Crippen molar-refractivity contribution in [3.05, 3.63) is 65.3 Å². The van der Waals surface area contributed by atoms with Crippen molar-refractivity contribution in [2.75, 3.05) is 52.1 Å². The Hall–Kier alpha value is -4.10. The Labute approximate surface area is 288 Å². The number of carbonyl (C=O) groups excluding carboxylic acids is 1. The minimum absolute atomic E-state index is 0.0571. The number of anilines is 1. The van der Waals surface area contributed by atoms with E-state index < -0.39 is 25.3 Å². The number of ether oxygens (including phenoxy) is 4. The zero-order chi connectivity index (χ0) is 35.5. The maximum atomic E-state index is 15.5. The fourth-order valence-electron chi connectivity index (χ4n) is 5.89. The second-order valence-electron chi connectivity index (χ2n) is 14.7. The molecule has 0 aliphatic carbocycles. The molecule has 49 heavy (non-hydrogen) atoms. The average Bonchev–Trinajstić information content (AvgIpc) is 3.40. The van der Waals surface area contributed by atoms with Crippen molar-refractivity contribution < 1.29 is 32.5 Å². The molecular formula is C36H47F2N5O5Si. The van der Waals surface area contributed by atoms with E-state index in [9.17, 15) is 4.79 Å². The maximum Gasteiger partial charge on any atom is 0.410 e. The molecule has 0 spiro atoms. The monoisotopic (exact) mass is 695 g/mol. The summed E-state index contributed by atoms with van der Waals surface area (Å²) in [6.07, 6.45) is 7.43. The Bertz CT molecular complexity index is 1680. The molecule has 10 nitrogen and oxygen atoms in total. The molecule has 2 aliphatic heterocycles. The lowest BCUT2D eigenvalue weighted by Gasteiger charge is -2.29. The Morgan fingerprint density at radius 2 is 1.71 bits per heavy atom. The van der Waals surface area contributed by atoms with Crippen molar-refractivity contribution in [1.82, 2.24) is 19.9 Å². The molecule has 1 aromatic carbocycles. The highest BCUT2D eigenvalue weighted by atomic mass is 28.3. The maximum absolute atomic E-state index is 15.5. The second kappa shape index (κ2) is 14.8. The van der Waals surface area contributed by atoms with Crippen LogP contribution in [0.3, 0.4) is 0 Å². The van der Waals surface area contributed by atoms with Gasteiger partial charge in [0.25, 0.3) is 0 Å². The van der Waals surface area contributed by atoms with Gasteiger partial charge in [0.05, 0.1) is 38.0 Å². The van der Waals surface area contributed by atoms with E-state index in [0.717, 1.165) is 22.7 Å². The quantitative estimate of drug-likeness (QED) is 0.151. The summed E-state index contributed by atoms with van der Waals surface area (Å²) in [6, 6.07) is 4.22. The largest absolute Gasteiger partial charge is 0.494 e. The average molecular weight is 696 g/mol. The van der Waals surface area contributed by atoms with Crippen LogP contribution in [0.5, 0.6) is 11.5 Å². The first kappa shape index (κ1) is 36.2. The normalized spacial score (nSPS) is 16.4. The van der Waals surface area contributed by atoms with Crippen LogP contribution in [0.4, 0.5) is 19.4 Å². The van der Waals surface area contributed by atoms with E-state index in [1.165, 1.54) is 20.3 Å². The molecule has 2 aromatic heterocycles. The minimum Gasteiger partial charge on any atom is -0.494 e. The van der Waals surface area contributed by atoms with Crippen LogP contribution in [-0.4, -0.2) is 86.8 Å². The first-order valence-electron chi connectivity index (χ1n) is 16.6. The van der Waals surface area contributed by atoms with Gasteiger partial charge in [0.1, 0.15) is 18.1 Å². The molecule has 0 radical (unpaired) electrons. The molecule has 0 saturated heterocycles. The van der Waals surface area contributed by atoms with Gasteiger partial charge in [-0.1, -0.05) is 25.7 Å². The van der Waals surface area contributed by atoms with Crippen molar-refractivity contribution >= 4 is 25.6 Å². The predicted molar refractivity (Wildman–Crippen MR) is 188 cm³/mol. The molecule has 0 bridgehead atoms. The van der Waals surface area contributed by atoms with Gasteiger partial charge in [-0.25, -0.2) is 23.5 Å². The Balaban J connectivity index is 1.43. The smallest absolute Gasteiger partial charge is 0.410 e. The van der Waals surface area contributed by atoms with Crippen molar-refractivity contribution in [3.63, 3.8) is 0 Å². The topological polar surface area (TPSA) is 99.1 Å². The third-order valence-electron chi connectivity index (χ3n) is 8.55. The summed E-state index contributed by atoms with van der Waals surface area (Å²) in [5, 5.41) is 0. The van der Waals surface area contributed by atoms with E-state index in [2.05, 4.69) is 24.6 Å². The number of aromatic nitrogens is 3. The zero-order valence-electron chi connectivity index (χ0n) is 29.7. The summed E-state index contributed by atoms with van der Waals surface area (Å²) in [6.45, 7) is 14.8. The summed E-state index contributed by atoms with van der Waals surface area (Å²) in [5.41, 5.74) is 3.21. The number of amides is 1. The number of methoxy groups -OCH3 is 2. The van der Waals surface area contributed by atoms with Gasteiger partial charge in [-0.3, -0.25) is 4.98 Å². The van der Waals surface area contributed by atoms with Crippen molar-refractivity contribution in [1.29, 1.82) is 0 Å². The Morgan fingerprint density at radius 1 is 1.02 bits per heavy atom. The van der Waals surface area contributed by atoms with Gasteiger partial charge in [0.2, 0.25) is 0 Å². The summed E-state index contributed by atoms with van der Waals surface area (Å²) < 4.78 is 53.0. The fourth-order valence-corrected chi connectivity index (χ4v) is 6.64. The molecule has 2 aliphatic rings. The third kappa shape index (κ3) is 8.74. The summed E-state index contributed by atoms with van der Waals surface area (Å²) in [7, 11) is 1.40. The first-order valence-corrected chi connectivity index (χ1v) is 20.3. The number of hydrogen-bond donors (Lipinski definition) is 0. The molecule has 0 N–H and O–H groups in total. The number of fused-ring (bicyclic) bond motifs is 1. The van der Waals surface area contributed by atoms with Crippen molar-refractivity contribution in [2.45, 2.75) is 70.8 Å². The van der Waals surface area contributed by atoms with Crippen LogP contribution in [0.25, 0.3) is 16.8 Å². The van der Waals surface area contributed by atoms with E-state index in [4.69, 9.17) is 28.9 Å². The van der Waals surface area contributed by atoms with Gasteiger partial charge in [0.15, 0.2) is 23.1 Å². The van der Waals surface area contributed by atoms with Crippen LogP contribution in [0.2, 0.25) is 25.7 Å².